The molecule has 0 aliphatic heterocycles. The van der Waals surface area contributed by atoms with Gasteiger partial charge in [0.1, 0.15) is 0 Å². The third-order valence-corrected chi connectivity index (χ3v) is 4.35. The number of aromatic nitrogens is 1. The summed E-state index contributed by atoms with van der Waals surface area (Å²) >= 11 is 6.37. The fourth-order valence-corrected chi connectivity index (χ4v) is 3.45. The second-order valence-corrected chi connectivity index (χ2v) is 6.02. The predicted molar refractivity (Wildman–Crippen MR) is 96.2 cm³/mol. The summed E-state index contributed by atoms with van der Waals surface area (Å²) in [5.74, 6) is -0.00398. The van der Waals surface area contributed by atoms with E-state index < -0.39 is 0 Å². The van der Waals surface area contributed by atoms with Crippen molar-refractivity contribution in [2.75, 3.05) is 0 Å². The molecule has 0 bridgehead atoms. The Morgan fingerprint density at radius 2 is 1.61 bits per heavy atom. The standard InChI is InChI=1S/C20H14ClNO/c1-13(23)22-19-10-6-5-9-16(19)18-12-15(21)11-17(20(18)22)14-7-3-2-4-8-14/h2-12H,1H3. The van der Waals surface area contributed by atoms with Crippen LogP contribution in [0.2, 0.25) is 5.02 Å². The van der Waals surface area contributed by atoms with E-state index in [-0.39, 0.29) is 5.91 Å². The number of benzene rings is 3. The average Bonchev–Trinajstić information content (AvgIpc) is 2.89. The lowest BCUT2D eigenvalue weighted by atomic mass is 10.0. The minimum Gasteiger partial charge on any atom is -0.279 e. The van der Waals surface area contributed by atoms with Gasteiger partial charge in [-0.25, -0.2) is 0 Å². The zero-order valence-corrected chi connectivity index (χ0v) is 13.3. The molecule has 0 amide bonds. The summed E-state index contributed by atoms with van der Waals surface area (Å²) < 4.78 is 1.78. The van der Waals surface area contributed by atoms with E-state index in [1.807, 2.05) is 66.7 Å². The topological polar surface area (TPSA) is 22.0 Å². The maximum atomic E-state index is 12.3. The van der Waals surface area contributed by atoms with Crippen LogP contribution in [0.15, 0.2) is 66.7 Å². The minimum absolute atomic E-state index is 0.00398. The Morgan fingerprint density at radius 3 is 2.35 bits per heavy atom. The number of para-hydroxylation sites is 1. The van der Waals surface area contributed by atoms with Gasteiger partial charge in [0.15, 0.2) is 0 Å². The molecule has 0 fully saturated rings. The molecule has 0 aliphatic rings. The molecule has 2 nitrogen and oxygen atoms in total. The number of fused-ring (bicyclic) bond motifs is 3. The summed E-state index contributed by atoms with van der Waals surface area (Å²) in [6.07, 6.45) is 0. The highest BCUT2D eigenvalue weighted by molar-refractivity contribution is 6.33. The van der Waals surface area contributed by atoms with E-state index >= 15 is 0 Å². The number of carbonyl (C=O) groups is 1. The van der Waals surface area contributed by atoms with Crippen LogP contribution in [0.1, 0.15) is 11.7 Å². The van der Waals surface area contributed by atoms with Gasteiger partial charge in [0, 0.05) is 28.3 Å². The fourth-order valence-electron chi connectivity index (χ4n) is 3.23. The lowest BCUT2D eigenvalue weighted by Crippen LogP contribution is -2.05. The van der Waals surface area contributed by atoms with Gasteiger partial charge in [-0.3, -0.25) is 9.36 Å². The summed E-state index contributed by atoms with van der Waals surface area (Å²) in [5.41, 5.74) is 3.84. The van der Waals surface area contributed by atoms with Crippen molar-refractivity contribution in [3.05, 3.63) is 71.8 Å². The van der Waals surface area contributed by atoms with Crippen molar-refractivity contribution in [1.29, 1.82) is 0 Å². The number of nitrogens with zero attached hydrogens (tertiary/aromatic N) is 1. The molecular weight excluding hydrogens is 306 g/mol. The van der Waals surface area contributed by atoms with E-state index in [1.165, 1.54) is 0 Å². The number of hydrogen-bond donors (Lipinski definition) is 0. The Kier molecular flexibility index (Phi) is 3.21. The summed E-state index contributed by atoms with van der Waals surface area (Å²) in [7, 11) is 0. The first-order valence-corrected chi connectivity index (χ1v) is 7.83. The molecule has 4 aromatic rings. The van der Waals surface area contributed by atoms with Crippen LogP contribution >= 0.6 is 11.6 Å². The molecule has 3 heteroatoms. The summed E-state index contributed by atoms with van der Waals surface area (Å²) in [6.45, 7) is 1.59. The number of hydrogen-bond acceptors (Lipinski definition) is 1. The molecule has 1 aromatic heterocycles. The van der Waals surface area contributed by atoms with Crippen molar-refractivity contribution in [2.24, 2.45) is 0 Å². The van der Waals surface area contributed by atoms with Crippen molar-refractivity contribution >= 4 is 39.3 Å². The van der Waals surface area contributed by atoms with Gasteiger partial charge < -0.3 is 0 Å². The highest BCUT2D eigenvalue weighted by atomic mass is 35.5. The molecule has 0 saturated carbocycles. The van der Waals surface area contributed by atoms with E-state index in [2.05, 4.69) is 0 Å². The second kappa shape index (κ2) is 5.25. The number of halogens is 1. The van der Waals surface area contributed by atoms with Crippen LogP contribution < -0.4 is 0 Å². The Labute approximate surface area is 138 Å². The van der Waals surface area contributed by atoms with Crippen LogP contribution in [0.3, 0.4) is 0 Å². The van der Waals surface area contributed by atoms with E-state index in [0.29, 0.717) is 5.02 Å². The molecule has 0 aliphatic carbocycles. The van der Waals surface area contributed by atoms with Gasteiger partial charge in [0.25, 0.3) is 0 Å². The van der Waals surface area contributed by atoms with Gasteiger partial charge in [-0.1, -0.05) is 60.1 Å². The van der Waals surface area contributed by atoms with E-state index in [0.717, 1.165) is 32.9 Å². The molecule has 0 spiro atoms. The van der Waals surface area contributed by atoms with Crippen molar-refractivity contribution < 1.29 is 4.79 Å². The summed E-state index contributed by atoms with van der Waals surface area (Å²) in [6, 6.07) is 21.8. The number of carbonyl (C=O) groups excluding carboxylic acids is 1. The molecule has 23 heavy (non-hydrogen) atoms. The van der Waals surface area contributed by atoms with Gasteiger partial charge >= 0.3 is 0 Å². The first-order chi connectivity index (χ1) is 11.2. The van der Waals surface area contributed by atoms with Gasteiger partial charge in [0.05, 0.1) is 11.0 Å². The van der Waals surface area contributed by atoms with Crippen LogP contribution in [0.5, 0.6) is 0 Å². The van der Waals surface area contributed by atoms with Crippen LogP contribution in [0.25, 0.3) is 32.9 Å². The largest absolute Gasteiger partial charge is 0.279 e. The van der Waals surface area contributed by atoms with Gasteiger partial charge in [-0.05, 0) is 23.8 Å². The Balaban J connectivity index is 2.26. The van der Waals surface area contributed by atoms with Crippen LogP contribution in [0.4, 0.5) is 0 Å². The molecule has 3 aromatic carbocycles. The number of rotatable bonds is 1. The monoisotopic (exact) mass is 319 g/mol. The molecule has 4 rings (SSSR count). The van der Waals surface area contributed by atoms with Crippen molar-refractivity contribution in [3.8, 4) is 11.1 Å². The molecule has 0 saturated heterocycles. The molecule has 0 radical (unpaired) electrons. The van der Waals surface area contributed by atoms with Crippen LogP contribution in [-0.2, 0) is 0 Å². The average molecular weight is 320 g/mol. The molecular formula is C20H14ClNO. The normalized spacial score (nSPS) is 11.2. The first-order valence-electron chi connectivity index (χ1n) is 7.46. The minimum atomic E-state index is -0.00398. The lowest BCUT2D eigenvalue weighted by Gasteiger charge is -2.09. The van der Waals surface area contributed by atoms with Crippen molar-refractivity contribution in [1.82, 2.24) is 4.57 Å². The summed E-state index contributed by atoms with van der Waals surface area (Å²) in [5, 5.41) is 2.71. The Morgan fingerprint density at radius 1 is 0.913 bits per heavy atom. The third kappa shape index (κ3) is 2.14. The van der Waals surface area contributed by atoms with Crippen LogP contribution in [0, 0.1) is 0 Å². The molecule has 0 N–H and O–H groups in total. The van der Waals surface area contributed by atoms with Gasteiger partial charge in [-0.15, -0.1) is 0 Å². The van der Waals surface area contributed by atoms with Crippen molar-refractivity contribution in [2.45, 2.75) is 6.92 Å². The van der Waals surface area contributed by atoms with Crippen molar-refractivity contribution in [3.63, 3.8) is 0 Å². The predicted octanol–water partition coefficient (Wildman–Crippen LogP) is 5.78. The highest BCUT2D eigenvalue weighted by Crippen LogP contribution is 2.38. The van der Waals surface area contributed by atoms with E-state index in [1.54, 1.807) is 11.5 Å². The Hall–Kier alpha value is -2.58. The molecule has 0 atom stereocenters. The summed E-state index contributed by atoms with van der Waals surface area (Å²) in [4.78, 5) is 12.3. The lowest BCUT2D eigenvalue weighted by molar-refractivity contribution is 0.0946. The second-order valence-electron chi connectivity index (χ2n) is 5.59. The Bertz CT molecular complexity index is 1050. The molecule has 0 unspecified atom stereocenters. The third-order valence-electron chi connectivity index (χ3n) is 4.13. The maximum Gasteiger partial charge on any atom is 0.228 e. The molecule has 1 heterocycles. The van der Waals surface area contributed by atoms with Gasteiger partial charge in [-0.2, -0.15) is 0 Å². The SMILES string of the molecule is CC(=O)n1c2ccccc2c2cc(Cl)cc(-c3ccccc3)c21. The zero-order chi connectivity index (χ0) is 16.0. The zero-order valence-electron chi connectivity index (χ0n) is 12.6. The first kappa shape index (κ1) is 14.0. The van der Waals surface area contributed by atoms with E-state index in [9.17, 15) is 4.79 Å². The van der Waals surface area contributed by atoms with Gasteiger partial charge in [0.2, 0.25) is 5.91 Å². The smallest absolute Gasteiger partial charge is 0.228 e. The highest BCUT2D eigenvalue weighted by Gasteiger charge is 2.17. The quantitative estimate of drug-likeness (QED) is 0.436. The maximum absolute atomic E-state index is 12.3. The van der Waals surface area contributed by atoms with Crippen LogP contribution in [-0.4, -0.2) is 10.5 Å². The fraction of sp³-hybridized carbons (Fsp3) is 0.0500. The molecule has 112 valence electrons. The van der Waals surface area contributed by atoms with E-state index in [4.69, 9.17) is 11.6 Å².